The molecule has 0 aromatic carbocycles. The Morgan fingerprint density at radius 2 is 2.38 bits per heavy atom. The van der Waals surface area contributed by atoms with Gasteiger partial charge in [-0.25, -0.2) is 9.97 Å². The van der Waals surface area contributed by atoms with E-state index in [-0.39, 0.29) is 11.9 Å². The third-order valence-corrected chi connectivity index (χ3v) is 4.10. The molecule has 3 heterocycles. The number of aromatic nitrogens is 3. The molecule has 1 amide bonds. The second kappa shape index (κ2) is 6.22. The van der Waals surface area contributed by atoms with Gasteiger partial charge in [-0.05, 0) is 31.4 Å². The normalized spacial score (nSPS) is 19.1. The van der Waals surface area contributed by atoms with Crippen LogP contribution in [0.25, 0.3) is 11.2 Å². The smallest absolute Gasteiger partial charge is 0.223 e. The quantitative estimate of drug-likeness (QED) is 0.885. The molecule has 1 saturated heterocycles. The van der Waals surface area contributed by atoms with Crippen LogP contribution in [-0.4, -0.2) is 44.9 Å². The van der Waals surface area contributed by atoms with Gasteiger partial charge in [0.25, 0.3) is 0 Å². The monoisotopic (exact) mass is 287 g/mol. The molecular weight excluding hydrogens is 266 g/mol. The molecule has 0 unspecified atom stereocenters. The molecule has 1 atom stereocenters. The van der Waals surface area contributed by atoms with E-state index in [1.54, 1.807) is 6.20 Å². The van der Waals surface area contributed by atoms with Crippen LogP contribution in [0.2, 0.25) is 0 Å². The first-order valence-corrected chi connectivity index (χ1v) is 7.57. The fourth-order valence-corrected chi connectivity index (χ4v) is 2.96. The van der Waals surface area contributed by atoms with Crippen LogP contribution in [0.5, 0.6) is 0 Å². The third-order valence-electron chi connectivity index (χ3n) is 4.10. The molecular formula is C15H21N5O. The molecule has 0 radical (unpaired) electrons. The van der Waals surface area contributed by atoms with Gasteiger partial charge in [-0.1, -0.05) is 0 Å². The number of pyridine rings is 1. The van der Waals surface area contributed by atoms with E-state index in [1.165, 1.54) is 6.42 Å². The van der Waals surface area contributed by atoms with E-state index in [1.807, 2.05) is 17.0 Å². The minimum atomic E-state index is 0.179. The molecule has 112 valence electrons. The maximum Gasteiger partial charge on any atom is 0.223 e. The zero-order valence-corrected chi connectivity index (χ0v) is 12.1. The van der Waals surface area contributed by atoms with Gasteiger partial charge in [0.15, 0.2) is 5.65 Å². The molecule has 6 nitrogen and oxygen atoms in total. The van der Waals surface area contributed by atoms with Crippen molar-refractivity contribution in [3.05, 3.63) is 24.2 Å². The van der Waals surface area contributed by atoms with Crippen LogP contribution >= 0.6 is 0 Å². The van der Waals surface area contributed by atoms with Crippen LogP contribution in [-0.2, 0) is 11.2 Å². The third kappa shape index (κ3) is 3.05. The predicted octanol–water partition coefficient (Wildman–Crippen LogP) is 1.23. The van der Waals surface area contributed by atoms with E-state index in [0.717, 1.165) is 30.7 Å². The number of hydrogen-bond donors (Lipinski definition) is 2. The van der Waals surface area contributed by atoms with Crippen molar-refractivity contribution in [1.29, 1.82) is 0 Å². The Hall–Kier alpha value is -1.95. The summed E-state index contributed by atoms with van der Waals surface area (Å²) in [5.41, 5.74) is 7.39. The summed E-state index contributed by atoms with van der Waals surface area (Å²) in [6, 6.07) is 4.02. The number of nitrogens with zero attached hydrogens (tertiary/aromatic N) is 3. The van der Waals surface area contributed by atoms with Crippen molar-refractivity contribution in [2.24, 2.45) is 5.73 Å². The van der Waals surface area contributed by atoms with Crippen LogP contribution in [0.15, 0.2) is 18.3 Å². The average molecular weight is 287 g/mol. The Labute approximate surface area is 123 Å². The van der Waals surface area contributed by atoms with Crippen molar-refractivity contribution in [3.63, 3.8) is 0 Å². The fourth-order valence-electron chi connectivity index (χ4n) is 2.96. The average Bonchev–Trinajstić information content (AvgIpc) is 2.95. The number of piperidine rings is 1. The van der Waals surface area contributed by atoms with Gasteiger partial charge in [-0.2, -0.15) is 0 Å². The number of hydrogen-bond acceptors (Lipinski definition) is 4. The van der Waals surface area contributed by atoms with Crippen molar-refractivity contribution in [1.82, 2.24) is 19.9 Å². The van der Waals surface area contributed by atoms with Crippen molar-refractivity contribution >= 4 is 17.1 Å². The molecule has 0 aliphatic carbocycles. The van der Waals surface area contributed by atoms with Crippen molar-refractivity contribution in [2.45, 2.75) is 38.1 Å². The molecule has 1 aliphatic rings. The first-order valence-electron chi connectivity index (χ1n) is 7.57. The Balaban J connectivity index is 1.62. The standard InChI is InChI=1S/C15H21N5O/c16-10-11-4-1-2-9-20(11)14(21)7-6-13-18-12-5-3-8-17-15(12)19-13/h3,5,8,11H,1-2,4,6-7,9-10,16H2,(H,17,18,19)/t11-/m1/s1. The van der Waals surface area contributed by atoms with Gasteiger partial charge in [0.2, 0.25) is 5.91 Å². The molecule has 1 aliphatic heterocycles. The number of carbonyl (C=O) groups excluding carboxylic acids is 1. The summed E-state index contributed by atoms with van der Waals surface area (Å²) < 4.78 is 0. The summed E-state index contributed by atoms with van der Waals surface area (Å²) in [5.74, 6) is 0.997. The molecule has 3 rings (SSSR count). The van der Waals surface area contributed by atoms with Crippen molar-refractivity contribution in [3.8, 4) is 0 Å². The Kier molecular flexibility index (Phi) is 4.15. The maximum atomic E-state index is 12.4. The molecule has 0 bridgehead atoms. The summed E-state index contributed by atoms with van der Waals surface area (Å²) in [7, 11) is 0. The number of rotatable bonds is 4. The first-order chi connectivity index (χ1) is 10.3. The summed E-state index contributed by atoms with van der Waals surface area (Å²) >= 11 is 0. The van der Waals surface area contributed by atoms with Crippen LogP contribution in [0.3, 0.4) is 0 Å². The first kappa shape index (κ1) is 14.0. The highest BCUT2D eigenvalue weighted by molar-refractivity contribution is 5.77. The minimum absolute atomic E-state index is 0.179. The van der Waals surface area contributed by atoms with Crippen LogP contribution in [0.4, 0.5) is 0 Å². The van der Waals surface area contributed by atoms with Crippen molar-refractivity contribution < 1.29 is 4.79 Å². The van der Waals surface area contributed by atoms with E-state index in [9.17, 15) is 4.79 Å². The largest absolute Gasteiger partial charge is 0.341 e. The molecule has 0 saturated carbocycles. The number of likely N-dealkylation sites (tertiary alicyclic amines) is 1. The zero-order valence-electron chi connectivity index (χ0n) is 12.1. The fraction of sp³-hybridized carbons (Fsp3) is 0.533. The lowest BCUT2D eigenvalue weighted by Crippen LogP contribution is -2.47. The van der Waals surface area contributed by atoms with Crippen LogP contribution in [0, 0.1) is 0 Å². The van der Waals surface area contributed by atoms with Gasteiger partial charge >= 0.3 is 0 Å². The summed E-state index contributed by atoms with van der Waals surface area (Å²) in [6.45, 7) is 1.39. The van der Waals surface area contributed by atoms with Gasteiger partial charge < -0.3 is 15.6 Å². The Bertz CT molecular complexity index is 590. The number of H-pyrrole nitrogens is 1. The topological polar surface area (TPSA) is 87.9 Å². The maximum absolute atomic E-state index is 12.4. The number of nitrogens with two attached hydrogens (primary N) is 1. The van der Waals surface area contributed by atoms with Crippen LogP contribution < -0.4 is 5.73 Å². The van der Waals surface area contributed by atoms with Gasteiger partial charge in [0, 0.05) is 38.2 Å². The summed E-state index contributed by atoms with van der Waals surface area (Å²) in [5, 5.41) is 0. The molecule has 0 spiro atoms. The highest BCUT2D eigenvalue weighted by Crippen LogP contribution is 2.18. The number of fused-ring (bicyclic) bond motifs is 1. The predicted molar refractivity (Wildman–Crippen MR) is 80.6 cm³/mol. The molecule has 2 aromatic rings. The molecule has 6 heteroatoms. The van der Waals surface area contributed by atoms with Crippen LogP contribution in [0.1, 0.15) is 31.5 Å². The number of nitrogens with one attached hydrogen (secondary N) is 1. The van der Waals surface area contributed by atoms with Gasteiger partial charge in [-0.15, -0.1) is 0 Å². The highest BCUT2D eigenvalue weighted by atomic mass is 16.2. The second-order valence-electron chi connectivity index (χ2n) is 5.53. The molecule has 1 fully saturated rings. The van der Waals surface area contributed by atoms with Gasteiger partial charge in [-0.3, -0.25) is 4.79 Å². The zero-order chi connectivity index (χ0) is 14.7. The summed E-state index contributed by atoms with van der Waals surface area (Å²) in [4.78, 5) is 26.1. The Morgan fingerprint density at radius 3 is 3.19 bits per heavy atom. The number of carbonyl (C=O) groups is 1. The van der Waals surface area contributed by atoms with E-state index in [2.05, 4.69) is 15.0 Å². The van der Waals surface area contributed by atoms with E-state index in [0.29, 0.717) is 25.0 Å². The Morgan fingerprint density at radius 1 is 1.48 bits per heavy atom. The number of amides is 1. The molecule has 3 N–H and O–H groups in total. The highest BCUT2D eigenvalue weighted by Gasteiger charge is 2.25. The molecule has 2 aromatic heterocycles. The summed E-state index contributed by atoms with van der Waals surface area (Å²) in [6.07, 6.45) is 6.07. The van der Waals surface area contributed by atoms with Gasteiger partial charge in [0.1, 0.15) is 5.82 Å². The van der Waals surface area contributed by atoms with E-state index >= 15 is 0 Å². The minimum Gasteiger partial charge on any atom is -0.341 e. The number of imidazole rings is 1. The number of aromatic amines is 1. The van der Waals surface area contributed by atoms with E-state index in [4.69, 9.17) is 5.73 Å². The van der Waals surface area contributed by atoms with Gasteiger partial charge in [0.05, 0.1) is 5.52 Å². The number of aryl methyl sites for hydroxylation is 1. The lowest BCUT2D eigenvalue weighted by Gasteiger charge is -2.35. The van der Waals surface area contributed by atoms with Crippen molar-refractivity contribution in [2.75, 3.05) is 13.1 Å². The van der Waals surface area contributed by atoms with E-state index < -0.39 is 0 Å². The second-order valence-corrected chi connectivity index (χ2v) is 5.53. The lowest BCUT2D eigenvalue weighted by atomic mass is 10.0. The molecule has 21 heavy (non-hydrogen) atoms. The lowest BCUT2D eigenvalue weighted by molar-refractivity contribution is -0.134. The SMILES string of the molecule is NC[C@H]1CCCCN1C(=O)CCc1nc2ncccc2[nH]1.